The van der Waals surface area contributed by atoms with Gasteiger partial charge in [0.05, 0.1) is 6.61 Å². The van der Waals surface area contributed by atoms with Crippen LogP contribution in [-0.4, -0.2) is 53.5 Å². The number of carbonyl (C=O) groups is 1. The molecule has 2 heterocycles. The molecule has 1 saturated heterocycles. The number of rotatable bonds is 9. The number of carbonyl (C=O) groups excluding carboxylic acids is 1. The smallest absolute Gasteiger partial charge is 0.253 e. The lowest BCUT2D eigenvalue weighted by atomic mass is 9.94. The van der Waals surface area contributed by atoms with Gasteiger partial charge in [0.25, 0.3) is 11.5 Å². The highest BCUT2D eigenvalue weighted by atomic mass is 16.5. The zero-order valence-electron chi connectivity index (χ0n) is 23.2. The highest BCUT2D eigenvalue weighted by molar-refractivity contribution is 5.99. The summed E-state index contributed by atoms with van der Waals surface area (Å²) in [6, 6.07) is 13.6. The summed E-state index contributed by atoms with van der Waals surface area (Å²) in [6.07, 6.45) is 0.899. The predicted molar refractivity (Wildman–Crippen MR) is 153 cm³/mol. The molecule has 1 fully saturated rings. The number of H-pyrrole nitrogens is 1. The van der Waals surface area contributed by atoms with Gasteiger partial charge in [-0.1, -0.05) is 24.3 Å². The lowest BCUT2D eigenvalue weighted by molar-refractivity contribution is 0.0846. The molecule has 1 atom stereocenters. The van der Waals surface area contributed by atoms with Gasteiger partial charge in [-0.25, -0.2) is 0 Å². The first-order chi connectivity index (χ1) is 18.7. The molecule has 2 aromatic carbocycles. The summed E-state index contributed by atoms with van der Waals surface area (Å²) >= 11 is 0. The minimum absolute atomic E-state index is 0.129. The molecule has 1 aliphatic rings. The molecule has 1 unspecified atom stereocenters. The maximum atomic E-state index is 13.6. The summed E-state index contributed by atoms with van der Waals surface area (Å²) in [5.74, 6) is -0.245. The molecule has 0 radical (unpaired) electrons. The van der Waals surface area contributed by atoms with E-state index in [1.807, 2.05) is 45.0 Å². The van der Waals surface area contributed by atoms with E-state index in [9.17, 15) is 19.8 Å². The number of aliphatic hydroxyl groups excluding tert-OH is 2. The standard InChI is InChI=1S/C31H39N3O5/c1-5-34(25-10-12-39-13-11-25)28-16-24(22-6-8-23(9-7-22)29(36)18-35)15-26(21(28)4)30(37)32-17-27-19(2)14-20(3)33-31(27)38/h6-9,14-16,25,29,35-36H,5,10-13,17-18H2,1-4H3,(H,32,37)(H,33,38). The Hall–Kier alpha value is -3.46. The summed E-state index contributed by atoms with van der Waals surface area (Å²) in [5.41, 5.74) is 6.79. The number of benzene rings is 2. The van der Waals surface area contributed by atoms with Gasteiger partial charge in [0.1, 0.15) is 6.10 Å². The molecular formula is C31H39N3O5. The second-order valence-corrected chi connectivity index (χ2v) is 10.2. The first-order valence-corrected chi connectivity index (χ1v) is 13.6. The normalized spacial score (nSPS) is 14.7. The molecule has 1 amide bonds. The van der Waals surface area contributed by atoms with Crippen LogP contribution < -0.4 is 15.8 Å². The van der Waals surface area contributed by atoms with E-state index in [1.54, 1.807) is 12.1 Å². The Balaban J connectivity index is 1.73. The van der Waals surface area contributed by atoms with E-state index in [0.29, 0.717) is 35.9 Å². The summed E-state index contributed by atoms with van der Waals surface area (Å²) < 4.78 is 5.60. The predicted octanol–water partition coefficient (Wildman–Crippen LogP) is 3.93. The van der Waals surface area contributed by atoms with Gasteiger partial charge in [0, 0.05) is 54.9 Å². The van der Waals surface area contributed by atoms with Crippen molar-refractivity contribution in [2.75, 3.05) is 31.3 Å². The second-order valence-electron chi connectivity index (χ2n) is 10.2. The molecule has 208 valence electrons. The quantitative estimate of drug-likeness (QED) is 0.331. The van der Waals surface area contributed by atoms with Gasteiger partial charge in [-0.2, -0.15) is 0 Å². The molecule has 4 rings (SSSR count). The van der Waals surface area contributed by atoms with Crippen molar-refractivity contribution in [3.05, 3.63) is 86.3 Å². The zero-order valence-corrected chi connectivity index (χ0v) is 23.2. The van der Waals surface area contributed by atoms with Crippen LogP contribution in [-0.2, 0) is 11.3 Å². The molecule has 0 spiro atoms. The molecule has 3 aromatic rings. The Labute approximate surface area is 229 Å². The third-order valence-electron chi connectivity index (χ3n) is 7.63. The maximum Gasteiger partial charge on any atom is 0.253 e. The molecule has 4 N–H and O–H groups in total. The van der Waals surface area contributed by atoms with Crippen molar-refractivity contribution in [3.8, 4) is 11.1 Å². The van der Waals surface area contributed by atoms with Crippen molar-refractivity contribution >= 4 is 11.6 Å². The van der Waals surface area contributed by atoms with Gasteiger partial charge in [0.15, 0.2) is 0 Å². The minimum atomic E-state index is -0.938. The lowest BCUT2D eigenvalue weighted by Crippen LogP contribution is -2.40. The van der Waals surface area contributed by atoms with Crippen LogP contribution in [0.2, 0.25) is 0 Å². The van der Waals surface area contributed by atoms with E-state index in [1.165, 1.54) is 0 Å². The number of hydrogen-bond acceptors (Lipinski definition) is 6. The Bertz CT molecular complexity index is 1360. The number of ether oxygens (including phenoxy) is 1. The fourth-order valence-corrected chi connectivity index (χ4v) is 5.39. The molecule has 0 aliphatic carbocycles. The monoisotopic (exact) mass is 533 g/mol. The average Bonchev–Trinajstić information content (AvgIpc) is 2.94. The molecule has 8 nitrogen and oxygen atoms in total. The number of hydrogen-bond donors (Lipinski definition) is 4. The van der Waals surface area contributed by atoms with E-state index < -0.39 is 6.10 Å². The van der Waals surface area contributed by atoms with Crippen LogP contribution in [0.1, 0.15) is 64.2 Å². The van der Waals surface area contributed by atoms with Crippen molar-refractivity contribution in [2.24, 2.45) is 0 Å². The fourth-order valence-electron chi connectivity index (χ4n) is 5.39. The van der Waals surface area contributed by atoms with Crippen molar-refractivity contribution in [2.45, 2.75) is 59.2 Å². The highest BCUT2D eigenvalue weighted by Gasteiger charge is 2.25. The van der Waals surface area contributed by atoms with Gasteiger partial charge in [-0.15, -0.1) is 0 Å². The second kappa shape index (κ2) is 12.6. The van der Waals surface area contributed by atoms with Crippen LogP contribution in [0.4, 0.5) is 5.69 Å². The third kappa shape index (κ3) is 6.41. The number of aromatic amines is 1. The number of aromatic nitrogens is 1. The Morgan fingerprint density at radius 2 is 1.79 bits per heavy atom. The highest BCUT2D eigenvalue weighted by Crippen LogP contribution is 2.34. The van der Waals surface area contributed by atoms with Gasteiger partial charge in [-0.05, 0) is 86.6 Å². The number of nitrogens with one attached hydrogen (secondary N) is 2. The molecule has 39 heavy (non-hydrogen) atoms. The molecule has 8 heteroatoms. The first-order valence-electron chi connectivity index (χ1n) is 13.6. The Morgan fingerprint density at radius 3 is 2.41 bits per heavy atom. The lowest BCUT2D eigenvalue weighted by Gasteiger charge is -2.37. The van der Waals surface area contributed by atoms with Crippen molar-refractivity contribution in [3.63, 3.8) is 0 Å². The number of amides is 1. The molecular weight excluding hydrogens is 494 g/mol. The van der Waals surface area contributed by atoms with Crippen LogP contribution in [0.5, 0.6) is 0 Å². The fraction of sp³-hybridized carbons (Fsp3) is 0.419. The molecule has 0 bridgehead atoms. The van der Waals surface area contributed by atoms with E-state index >= 15 is 0 Å². The molecule has 1 aliphatic heterocycles. The van der Waals surface area contributed by atoms with Crippen LogP contribution in [0.25, 0.3) is 11.1 Å². The maximum absolute atomic E-state index is 13.6. The first kappa shape index (κ1) is 28.5. The van der Waals surface area contributed by atoms with E-state index in [4.69, 9.17) is 4.74 Å². The Morgan fingerprint density at radius 1 is 1.10 bits per heavy atom. The summed E-state index contributed by atoms with van der Waals surface area (Å²) in [4.78, 5) is 31.3. The van der Waals surface area contributed by atoms with Crippen molar-refractivity contribution in [1.82, 2.24) is 10.3 Å². The summed E-state index contributed by atoms with van der Waals surface area (Å²) in [5, 5.41) is 22.3. The van der Waals surface area contributed by atoms with Crippen molar-refractivity contribution < 1.29 is 19.7 Å². The van der Waals surface area contributed by atoms with Gasteiger partial charge >= 0.3 is 0 Å². The van der Waals surface area contributed by atoms with Crippen LogP contribution in [0, 0.1) is 20.8 Å². The van der Waals surface area contributed by atoms with Crippen LogP contribution in [0.3, 0.4) is 0 Å². The van der Waals surface area contributed by atoms with Crippen molar-refractivity contribution in [1.29, 1.82) is 0 Å². The molecule has 0 saturated carbocycles. The SMILES string of the molecule is CCN(c1cc(-c2ccc(C(O)CO)cc2)cc(C(=O)NCc2c(C)cc(C)[nH]c2=O)c1C)C1CCOCC1. The summed E-state index contributed by atoms with van der Waals surface area (Å²) in [6.45, 7) is 9.80. The number of aryl methyl sites for hydroxylation is 2. The molecule has 1 aromatic heterocycles. The number of aliphatic hydroxyl groups is 2. The van der Waals surface area contributed by atoms with Gasteiger partial charge in [-0.3, -0.25) is 9.59 Å². The number of nitrogens with zero attached hydrogens (tertiary/aromatic N) is 1. The average molecular weight is 534 g/mol. The van der Waals surface area contributed by atoms with Gasteiger partial charge < -0.3 is 30.2 Å². The van der Waals surface area contributed by atoms with E-state index in [0.717, 1.165) is 53.0 Å². The minimum Gasteiger partial charge on any atom is -0.393 e. The van der Waals surface area contributed by atoms with E-state index in [2.05, 4.69) is 28.2 Å². The van der Waals surface area contributed by atoms with Gasteiger partial charge in [0.2, 0.25) is 0 Å². The van der Waals surface area contributed by atoms with E-state index in [-0.39, 0.29) is 24.6 Å². The topological polar surface area (TPSA) is 115 Å². The Kier molecular flexibility index (Phi) is 9.22. The number of pyridine rings is 1. The number of anilines is 1. The largest absolute Gasteiger partial charge is 0.393 e. The van der Waals surface area contributed by atoms with Crippen LogP contribution >= 0.6 is 0 Å². The summed E-state index contributed by atoms with van der Waals surface area (Å²) in [7, 11) is 0. The van der Waals surface area contributed by atoms with Crippen LogP contribution in [0.15, 0.2) is 47.3 Å². The third-order valence-corrected chi connectivity index (χ3v) is 7.63. The zero-order chi connectivity index (χ0) is 28.1.